The highest BCUT2D eigenvalue weighted by atomic mass is 32.1. The second-order valence-electron chi connectivity index (χ2n) is 9.01. The van der Waals surface area contributed by atoms with Gasteiger partial charge in [-0.3, -0.25) is 4.90 Å². The van der Waals surface area contributed by atoms with Crippen molar-refractivity contribution in [2.45, 2.75) is 57.5 Å². The number of para-hydroxylation sites is 1. The zero-order valence-corrected chi connectivity index (χ0v) is 17.8. The molecule has 2 fully saturated rings. The molecule has 2 aromatic heterocycles. The van der Waals surface area contributed by atoms with Crippen LogP contribution in [0.2, 0.25) is 0 Å². The number of rotatable bonds is 4. The molecule has 29 heavy (non-hydrogen) atoms. The molecule has 5 heteroatoms. The maximum absolute atomic E-state index is 6.26. The second kappa shape index (κ2) is 7.44. The molecule has 1 aliphatic carbocycles. The highest BCUT2D eigenvalue weighted by Gasteiger charge is 2.32. The molecule has 0 bridgehead atoms. The minimum Gasteiger partial charge on any atom is -0.489 e. The van der Waals surface area contributed by atoms with Crippen LogP contribution in [0.1, 0.15) is 56.7 Å². The summed E-state index contributed by atoms with van der Waals surface area (Å²) in [6.07, 6.45) is 11.8. The standard InChI is InChI=1S/C24H29N3OS/c1-2-7-17(8-3-1)21-15-28-22-10-6-9-19-20(14-27(21)23(19)22)24-25-18(16-29-24)13-26-11-4-5-12-26/h6,9-10,14,16-17,21H,1-5,7-8,11-13,15H2/t21-/m0/s1. The third-order valence-corrected chi connectivity index (χ3v) is 8.07. The van der Waals surface area contributed by atoms with Crippen LogP contribution in [0.4, 0.5) is 0 Å². The smallest absolute Gasteiger partial charge is 0.143 e. The lowest BCUT2D eigenvalue weighted by molar-refractivity contribution is 0.158. The van der Waals surface area contributed by atoms with Crippen LogP contribution in [0.3, 0.4) is 0 Å². The number of benzene rings is 1. The Kier molecular flexibility index (Phi) is 4.61. The molecule has 2 aliphatic heterocycles. The van der Waals surface area contributed by atoms with Gasteiger partial charge in [-0.15, -0.1) is 11.3 Å². The predicted molar refractivity (Wildman–Crippen MR) is 119 cm³/mol. The van der Waals surface area contributed by atoms with Crippen LogP contribution in [0.5, 0.6) is 5.75 Å². The van der Waals surface area contributed by atoms with Crippen molar-refractivity contribution in [3.05, 3.63) is 35.5 Å². The summed E-state index contributed by atoms with van der Waals surface area (Å²) in [5.74, 6) is 1.78. The van der Waals surface area contributed by atoms with Crippen molar-refractivity contribution < 1.29 is 4.74 Å². The van der Waals surface area contributed by atoms with E-state index < -0.39 is 0 Å². The Hall–Kier alpha value is -1.85. The van der Waals surface area contributed by atoms with Gasteiger partial charge in [0.2, 0.25) is 0 Å². The van der Waals surface area contributed by atoms with Gasteiger partial charge in [-0.2, -0.15) is 0 Å². The Balaban J connectivity index is 1.38. The van der Waals surface area contributed by atoms with Crippen molar-refractivity contribution in [3.63, 3.8) is 0 Å². The van der Waals surface area contributed by atoms with Crippen molar-refractivity contribution in [2.24, 2.45) is 5.92 Å². The van der Waals surface area contributed by atoms with E-state index in [2.05, 4.69) is 39.2 Å². The molecule has 0 amide bonds. The highest BCUT2D eigenvalue weighted by molar-refractivity contribution is 7.13. The van der Waals surface area contributed by atoms with Gasteiger partial charge >= 0.3 is 0 Å². The molecule has 1 saturated heterocycles. The van der Waals surface area contributed by atoms with Crippen molar-refractivity contribution in [3.8, 4) is 16.3 Å². The second-order valence-corrected chi connectivity index (χ2v) is 9.86. The fraction of sp³-hybridized carbons (Fsp3) is 0.542. The monoisotopic (exact) mass is 407 g/mol. The number of likely N-dealkylation sites (tertiary alicyclic amines) is 1. The molecular weight excluding hydrogens is 378 g/mol. The first-order valence-corrected chi connectivity index (χ1v) is 12.2. The van der Waals surface area contributed by atoms with Gasteiger partial charge in [0.25, 0.3) is 0 Å². The molecule has 1 saturated carbocycles. The van der Waals surface area contributed by atoms with Gasteiger partial charge in [-0.1, -0.05) is 31.4 Å². The lowest BCUT2D eigenvalue weighted by Gasteiger charge is -2.34. The number of nitrogens with zero attached hydrogens (tertiary/aromatic N) is 3. The summed E-state index contributed by atoms with van der Waals surface area (Å²) in [6, 6.07) is 6.97. The van der Waals surface area contributed by atoms with E-state index in [0.717, 1.165) is 29.8 Å². The molecule has 3 aliphatic rings. The Morgan fingerprint density at radius 1 is 1.07 bits per heavy atom. The molecular formula is C24H29N3OS. The number of thiazole rings is 1. The summed E-state index contributed by atoms with van der Waals surface area (Å²) in [7, 11) is 0. The van der Waals surface area contributed by atoms with E-state index in [9.17, 15) is 0 Å². The Bertz CT molecular complexity index is 1010. The maximum atomic E-state index is 6.26. The summed E-state index contributed by atoms with van der Waals surface area (Å²) >= 11 is 1.80. The first-order chi connectivity index (χ1) is 14.4. The van der Waals surface area contributed by atoms with Gasteiger partial charge in [0, 0.05) is 29.1 Å². The zero-order valence-electron chi connectivity index (χ0n) is 17.0. The van der Waals surface area contributed by atoms with Crippen molar-refractivity contribution in [1.82, 2.24) is 14.5 Å². The molecule has 0 N–H and O–H groups in total. The average Bonchev–Trinajstić information content (AvgIpc) is 3.51. The molecule has 152 valence electrons. The molecule has 4 nitrogen and oxygen atoms in total. The van der Waals surface area contributed by atoms with Crippen LogP contribution in [-0.4, -0.2) is 34.1 Å². The molecule has 1 aromatic carbocycles. The van der Waals surface area contributed by atoms with E-state index in [1.54, 1.807) is 11.3 Å². The van der Waals surface area contributed by atoms with Gasteiger partial charge < -0.3 is 9.30 Å². The summed E-state index contributed by atoms with van der Waals surface area (Å²) in [4.78, 5) is 7.58. The summed E-state index contributed by atoms with van der Waals surface area (Å²) in [6.45, 7) is 4.24. The van der Waals surface area contributed by atoms with Gasteiger partial charge in [-0.25, -0.2) is 4.98 Å². The molecule has 6 rings (SSSR count). The van der Waals surface area contributed by atoms with Crippen molar-refractivity contribution in [1.29, 1.82) is 0 Å². The van der Waals surface area contributed by atoms with Crippen LogP contribution in [0, 0.1) is 5.92 Å². The molecule has 3 aromatic rings. The molecule has 4 heterocycles. The first kappa shape index (κ1) is 18.0. The fourth-order valence-electron chi connectivity index (χ4n) is 5.64. The van der Waals surface area contributed by atoms with Crippen molar-refractivity contribution >= 4 is 22.2 Å². The lowest BCUT2D eigenvalue weighted by atomic mass is 9.83. The van der Waals surface area contributed by atoms with Gasteiger partial charge in [0.1, 0.15) is 17.4 Å². The predicted octanol–water partition coefficient (Wildman–Crippen LogP) is 5.87. The Morgan fingerprint density at radius 3 is 2.79 bits per heavy atom. The van der Waals surface area contributed by atoms with E-state index in [0.29, 0.717) is 6.04 Å². The summed E-state index contributed by atoms with van der Waals surface area (Å²) < 4.78 is 8.80. The van der Waals surface area contributed by atoms with E-state index in [1.165, 1.54) is 80.2 Å². The van der Waals surface area contributed by atoms with E-state index in [-0.39, 0.29) is 0 Å². The topological polar surface area (TPSA) is 30.3 Å². The Labute approximate surface area is 176 Å². The average molecular weight is 408 g/mol. The molecule has 0 unspecified atom stereocenters. The third kappa shape index (κ3) is 3.19. The van der Waals surface area contributed by atoms with Gasteiger partial charge in [0.05, 0.1) is 17.3 Å². The first-order valence-electron chi connectivity index (χ1n) is 11.3. The minimum atomic E-state index is 0.463. The van der Waals surface area contributed by atoms with Gasteiger partial charge in [0.15, 0.2) is 0 Å². The highest BCUT2D eigenvalue weighted by Crippen LogP contribution is 2.44. The quantitative estimate of drug-likeness (QED) is 0.541. The SMILES string of the molecule is c1cc2c3c(c1)c(-c1nc(CN4CCCC4)cs1)cn3[C@H](C1CCCCC1)CO2. The number of ether oxygens (including phenoxy) is 1. The van der Waals surface area contributed by atoms with Crippen LogP contribution >= 0.6 is 11.3 Å². The molecule has 0 radical (unpaired) electrons. The third-order valence-electron chi connectivity index (χ3n) is 7.14. The number of aromatic nitrogens is 2. The van der Waals surface area contributed by atoms with Crippen LogP contribution < -0.4 is 4.74 Å². The van der Waals surface area contributed by atoms with E-state index in [4.69, 9.17) is 9.72 Å². The number of hydrogen-bond donors (Lipinski definition) is 0. The molecule has 1 atom stereocenters. The van der Waals surface area contributed by atoms with Crippen LogP contribution in [-0.2, 0) is 6.54 Å². The van der Waals surface area contributed by atoms with E-state index >= 15 is 0 Å². The molecule has 0 spiro atoms. The Morgan fingerprint density at radius 2 is 1.93 bits per heavy atom. The van der Waals surface area contributed by atoms with E-state index in [1.807, 2.05) is 0 Å². The summed E-state index contributed by atoms with van der Waals surface area (Å²) in [5, 5.41) is 4.71. The van der Waals surface area contributed by atoms with Gasteiger partial charge in [-0.05, 0) is 50.8 Å². The lowest BCUT2D eigenvalue weighted by Crippen LogP contribution is -2.29. The normalized spacial score (nSPS) is 23.0. The number of hydrogen-bond acceptors (Lipinski definition) is 4. The minimum absolute atomic E-state index is 0.463. The van der Waals surface area contributed by atoms with Crippen LogP contribution in [0.15, 0.2) is 29.8 Å². The fourth-order valence-corrected chi connectivity index (χ4v) is 6.47. The van der Waals surface area contributed by atoms with Crippen LogP contribution in [0.25, 0.3) is 21.5 Å². The van der Waals surface area contributed by atoms with Crippen molar-refractivity contribution in [2.75, 3.05) is 19.7 Å². The maximum Gasteiger partial charge on any atom is 0.143 e. The summed E-state index contributed by atoms with van der Waals surface area (Å²) in [5.41, 5.74) is 3.78. The largest absolute Gasteiger partial charge is 0.489 e. The zero-order chi connectivity index (χ0) is 19.2.